The van der Waals surface area contributed by atoms with E-state index in [4.69, 9.17) is 0 Å². The van der Waals surface area contributed by atoms with E-state index in [0.717, 1.165) is 5.69 Å². The first-order chi connectivity index (χ1) is 13.2. The molecular weight excluding hydrogens is 399 g/mol. The second kappa shape index (κ2) is 7.94. The van der Waals surface area contributed by atoms with Crippen LogP contribution in [0.3, 0.4) is 0 Å². The molecule has 0 bridgehead atoms. The number of alkyl halides is 3. The molecule has 0 saturated heterocycles. The van der Waals surface area contributed by atoms with Crippen LogP contribution in [0.1, 0.15) is 23.0 Å². The number of hydrogen-bond acceptors (Lipinski definition) is 6. The molecule has 0 aliphatic rings. The van der Waals surface area contributed by atoms with Gasteiger partial charge in [0.15, 0.2) is 5.82 Å². The van der Waals surface area contributed by atoms with Crippen LogP contribution in [0.25, 0.3) is 12.2 Å². The minimum absolute atomic E-state index is 0.0146. The first-order valence-corrected chi connectivity index (χ1v) is 9.39. The van der Waals surface area contributed by atoms with Crippen LogP contribution in [0.15, 0.2) is 46.2 Å². The number of aromatic amines is 1. The van der Waals surface area contributed by atoms with Crippen molar-refractivity contribution < 1.29 is 26.1 Å². The fourth-order valence-electron chi connectivity index (χ4n) is 2.20. The third kappa shape index (κ3) is 5.04. The maximum absolute atomic E-state index is 12.4. The zero-order valence-corrected chi connectivity index (χ0v) is 15.0. The van der Waals surface area contributed by atoms with Gasteiger partial charge in [0.05, 0.1) is 16.9 Å². The van der Waals surface area contributed by atoms with Gasteiger partial charge < -0.3 is 9.51 Å². The standard InChI is InChI=1S/C16H14F3N5O3S/c17-16(18,19)15-23-14(24-27-15)5-4-11-2-1-3-13(8-11)28(25,26)22-7-6-12-9-20-10-21-12/h1-5,8-10,22H,6-7H2,(H,20,21)/b5-4+. The Hall–Kier alpha value is -2.99. The Labute approximate surface area is 157 Å². The quantitative estimate of drug-likeness (QED) is 0.615. The van der Waals surface area contributed by atoms with Gasteiger partial charge in [-0.2, -0.15) is 18.2 Å². The van der Waals surface area contributed by atoms with Gasteiger partial charge in [0.2, 0.25) is 10.0 Å². The zero-order valence-electron chi connectivity index (χ0n) is 14.1. The van der Waals surface area contributed by atoms with Gasteiger partial charge in [0, 0.05) is 19.2 Å². The molecule has 2 heterocycles. The van der Waals surface area contributed by atoms with E-state index in [0.29, 0.717) is 12.0 Å². The Morgan fingerprint density at radius 1 is 1.25 bits per heavy atom. The molecule has 148 valence electrons. The lowest BCUT2D eigenvalue weighted by Crippen LogP contribution is -2.26. The average molecular weight is 413 g/mol. The number of H-pyrrole nitrogens is 1. The highest BCUT2D eigenvalue weighted by Crippen LogP contribution is 2.27. The van der Waals surface area contributed by atoms with E-state index in [1.54, 1.807) is 12.3 Å². The number of nitrogens with one attached hydrogen (secondary N) is 2. The number of nitrogens with zero attached hydrogens (tertiary/aromatic N) is 3. The number of benzene rings is 1. The molecule has 0 saturated carbocycles. The van der Waals surface area contributed by atoms with Crippen molar-refractivity contribution in [3.05, 3.63) is 59.8 Å². The van der Waals surface area contributed by atoms with Crippen LogP contribution in [0.4, 0.5) is 13.2 Å². The monoisotopic (exact) mass is 413 g/mol. The predicted octanol–water partition coefficient (Wildman–Crippen LogP) is 2.50. The van der Waals surface area contributed by atoms with Crippen LogP contribution in [0, 0.1) is 0 Å². The predicted molar refractivity (Wildman–Crippen MR) is 92.2 cm³/mol. The minimum atomic E-state index is -4.73. The van der Waals surface area contributed by atoms with Crippen LogP contribution in [-0.4, -0.2) is 35.1 Å². The molecular formula is C16H14F3N5O3S. The molecule has 0 radical (unpaired) electrons. The van der Waals surface area contributed by atoms with E-state index in [9.17, 15) is 21.6 Å². The second-order valence-electron chi connectivity index (χ2n) is 5.57. The molecule has 3 aromatic rings. The highest BCUT2D eigenvalue weighted by atomic mass is 32.2. The lowest BCUT2D eigenvalue weighted by Gasteiger charge is -2.06. The van der Waals surface area contributed by atoms with Gasteiger partial charge in [-0.15, -0.1) is 0 Å². The lowest BCUT2D eigenvalue weighted by molar-refractivity contribution is -0.159. The third-order valence-corrected chi connectivity index (χ3v) is 4.96. The Morgan fingerprint density at radius 3 is 2.75 bits per heavy atom. The van der Waals surface area contributed by atoms with Crippen LogP contribution >= 0.6 is 0 Å². The summed E-state index contributed by atoms with van der Waals surface area (Å²) in [6.07, 6.45) is 1.43. The van der Waals surface area contributed by atoms with Crippen LogP contribution in [0.2, 0.25) is 0 Å². The molecule has 0 spiro atoms. The van der Waals surface area contributed by atoms with Gasteiger partial charge in [-0.3, -0.25) is 0 Å². The second-order valence-corrected chi connectivity index (χ2v) is 7.34. The average Bonchev–Trinajstić information content (AvgIpc) is 3.31. The summed E-state index contributed by atoms with van der Waals surface area (Å²) in [5, 5.41) is 3.20. The summed E-state index contributed by atoms with van der Waals surface area (Å²) in [6, 6.07) is 5.88. The van der Waals surface area contributed by atoms with E-state index in [1.165, 1.54) is 36.7 Å². The molecule has 0 aliphatic heterocycles. The van der Waals surface area contributed by atoms with Crippen molar-refractivity contribution in [3.8, 4) is 0 Å². The fourth-order valence-corrected chi connectivity index (χ4v) is 3.28. The van der Waals surface area contributed by atoms with Crippen LogP contribution in [-0.2, 0) is 22.6 Å². The summed E-state index contributed by atoms with van der Waals surface area (Å²) >= 11 is 0. The smallest absolute Gasteiger partial charge is 0.351 e. The van der Waals surface area contributed by atoms with Crippen molar-refractivity contribution >= 4 is 22.2 Å². The molecule has 2 N–H and O–H groups in total. The van der Waals surface area contributed by atoms with E-state index >= 15 is 0 Å². The molecule has 0 atom stereocenters. The molecule has 2 aromatic heterocycles. The largest absolute Gasteiger partial charge is 0.471 e. The lowest BCUT2D eigenvalue weighted by atomic mass is 10.2. The normalized spacial score (nSPS) is 12.7. The molecule has 12 heteroatoms. The van der Waals surface area contributed by atoms with Crippen molar-refractivity contribution in [2.75, 3.05) is 6.54 Å². The summed E-state index contributed by atoms with van der Waals surface area (Å²) in [6.45, 7) is 0.163. The SMILES string of the molecule is O=S(=O)(NCCc1c[nH]cn1)c1cccc(/C=C/c2noc(C(F)(F)F)n2)c1. The first kappa shape index (κ1) is 19.8. The number of aromatic nitrogens is 4. The Balaban J connectivity index is 1.68. The summed E-state index contributed by atoms with van der Waals surface area (Å²) < 4.78 is 68.7. The van der Waals surface area contributed by atoms with Crippen LogP contribution in [0.5, 0.6) is 0 Å². The zero-order chi connectivity index (χ0) is 20.2. The molecule has 28 heavy (non-hydrogen) atoms. The summed E-state index contributed by atoms with van der Waals surface area (Å²) in [7, 11) is -3.75. The maximum atomic E-state index is 12.4. The number of hydrogen-bond donors (Lipinski definition) is 2. The highest BCUT2D eigenvalue weighted by molar-refractivity contribution is 7.89. The van der Waals surface area contributed by atoms with Gasteiger partial charge in [0.1, 0.15) is 0 Å². The number of halogens is 3. The molecule has 1 aromatic carbocycles. The number of sulfonamides is 1. The van der Waals surface area contributed by atoms with Gasteiger partial charge >= 0.3 is 12.1 Å². The summed E-state index contributed by atoms with van der Waals surface area (Å²) in [5.41, 5.74) is 1.16. The number of imidazole rings is 1. The van der Waals surface area contributed by atoms with Crippen LogP contribution < -0.4 is 4.72 Å². The van der Waals surface area contributed by atoms with E-state index in [-0.39, 0.29) is 17.3 Å². The Bertz CT molecular complexity index is 1060. The van der Waals surface area contributed by atoms with E-state index in [1.807, 2.05) is 0 Å². The molecule has 3 rings (SSSR count). The summed E-state index contributed by atoms with van der Waals surface area (Å²) in [5.74, 6) is -1.73. The van der Waals surface area contributed by atoms with E-state index < -0.39 is 22.1 Å². The van der Waals surface area contributed by atoms with Crippen molar-refractivity contribution in [2.24, 2.45) is 0 Å². The van der Waals surface area contributed by atoms with Gasteiger partial charge in [-0.05, 0) is 23.8 Å². The van der Waals surface area contributed by atoms with Crippen molar-refractivity contribution in [1.82, 2.24) is 24.8 Å². The van der Waals surface area contributed by atoms with Gasteiger partial charge in [-0.1, -0.05) is 23.4 Å². The van der Waals surface area contributed by atoms with Gasteiger partial charge in [-0.25, -0.2) is 18.1 Å². The number of rotatable bonds is 7. The highest BCUT2D eigenvalue weighted by Gasteiger charge is 2.38. The minimum Gasteiger partial charge on any atom is -0.351 e. The van der Waals surface area contributed by atoms with E-state index in [2.05, 4.69) is 29.4 Å². The molecule has 0 fully saturated rings. The van der Waals surface area contributed by atoms with Crippen molar-refractivity contribution in [1.29, 1.82) is 0 Å². The molecule has 8 nitrogen and oxygen atoms in total. The maximum Gasteiger partial charge on any atom is 0.471 e. The van der Waals surface area contributed by atoms with Gasteiger partial charge in [0.25, 0.3) is 0 Å². The fraction of sp³-hybridized carbons (Fsp3) is 0.188. The Morgan fingerprint density at radius 2 is 2.07 bits per heavy atom. The summed E-state index contributed by atoms with van der Waals surface area (Å²) in [4.78, 5) is 10.0. The molecule has 0 unspecified atom stereocenters. The molecule has 0 aliphatic carbocycles. The molecule has 0 amide bonds. The topological polar surface area (TPSA) is 114 Å². The first-order valence-electron chi connectivity index (χ1n) is 7.90. The van der Waals surface area contributed by atoms with Crippen molar-refractivity contribution in [2.45, 2.75) is 17.5 Å². The third-order valence-electron chi connectivity index (χ3n) is 3.51. The Kier molecular flexibility index (Phi) is 5.61. The van der Waals surface area contributed by atoms with Crippen molar-refractivity contribution in [3.63, 3.8) is 0 Å².